The number of fused-ring (bicyclic) bond motifs is 3. The van der Waals surface area contributed by atoms with Crippen molar-refractivity contribution in [2.24, 2.45) is 0 Å². The van der Waals surface area contributed by atoms with Crippen LogP contribution in [-0.4, -0.2) is 37.2 Å². The lowest BCUT2D eigenvalue weighted by Crippen LogP contribution is -2.45. The predicted octanol–water partition coefficient (Wildman–Crippen LogP) is 2.21. The quantitative estimate of drug-likeness (QED) is 0.692. The molecule has 118 valence electrons. The van der Waals surface area contributed by atoms with E-state index < -0.39 is 12.0 Å². The van der Waals surface area contributed by atoms with Gasteiger partial charge >= 0.3 is 5.97 Å². The Morgan fingerprint density at radius 2 is 2.26 bits per heavy atom. The van der Waals surface area contributed by atoms with Gasteiger partial charge in [-0.05, 0) is 24.6 Å². The summed E-state index contributed by atoms with van der Waals surface area (Å²) in [6, 6.07) is 9.49. The van der Waals surface area contributed by atoms with Crippen molar-refractivity contribution in [1.82, 2.24) is 20.1 Å². The number of nitrogens with zero attached hydrogens (tertiary/aromatic N) is 2. The molecule has 6 heteroatoms. The second-order valence-corrected chi connectivity index (χ2v) is 6.13. The van der Waals surface area contributed by atoms with Crippen LogP contribution in [0.3, 0.4) is 0 Å². The summed E-state index contributed by atoms with van der Waals surface area (Å²) in [4.78, 5) is 17.1. The van der Waals surface area contributed by atoms with Gasteiger partial charge in [0.15, 0.2) is 0 Å². The molecule has 1 aliphatic rings. The van der Waals surface area contributed by atoms with E-state index in [2.05, 4.69) is 21.2 Å². The van der Waals surface area contributed by atoms with Crippen LogP contribution in [0, 0.1) is 6.92 Å². The molecule has 23 heavy (non-hydrogen) atoms. The number of benzene rings is 1. The Labute approximate surface area is 133 Å². The number of aliphatic carboxylic acids is 1. The Morgan fingerprint density at radius 3 is 3.00 bits per heavy atom. The second-order valence-electron chi connectivity index (χ2n) is 6.13. The number of carboxylic acids is 1. The van der Waals surface area contributed by atoms with Gasteiger partial charge in [0.1, 0.15) is 6.04 Å². The lowest BCUT2D eigenvalue weighted by molar-refractivity contribution is -0.144. The average Bonchev–Trinajstić information content (AvgIpc) is 3.09. The summed E-state index contributed by atoms with van der Waals surface area (Å²) in [5, 5.41) is 17.9. The van der Waals surface area contributed by atoms with Crippen molar-refractivity contribution >= 4 is 16.9 Å². The molecule has 1 atom stereocenters. The summed E-state index contributed by atoms with van der Waals surface area (Å²) in [5.74, 6) is -0.784. The normalized spacial score (nSPS) is 18.2. The Bertz CT molecular complexity index is 880. The highest BCUT2D eigenvalue weighted by atomic mass is 16.4. The van der Waals surface area contributed by atoms with E-state index in [1.807, 2.05) is 36.1 Å². The molecule has 1 aromatic carbocycles. The maximum Gasteiger partial charge on any atom is 0.321 e. The zero-order valence-corrected chi connectivity index (χ0v) is 12.8. The molecular formula is C17H18N4O2. The van der Waals surface area contributed by atoms with Crippen molar-refractivity contribution in [3.05, 3.63) is 53.0 Å². The first kappa shape index (κ1) is 14.0. The van der Waals surface area contributed by atoms with Gasteiger partial charge in [0.2, 0.25) is 0 Å². The van der Waals surface area contributed by atoms with Gasteiger partial charge < -0.3 is 10.1 Å². The lowest BCUT2D eigenvalue weighted by Gasteiger charge is -2.32. The van der Waals surface area contributed by atoms with Crippen molar-refractivity contribution in [2.45, 2.75) is 32.5 Å². The molecule has 0 saturated heterocycles. The zero-order chi connectivity index (χ0) is 16.0. The Morgan fingerprint density at radius 1 is 1.43 bits per heavy atom. The summed E-state index contributed by atoms with van der Waals surface area (Å²) in [5.41, 5.74) is 5.15. The van der Waals surface area contributed by atoms with Crippen LogP contribution in [0.2, 0.25) is 0 Å². The van der Waals surface area contributed by atoms with Gasteiger partial charge in [-0.25, -0.2) is 0 Å². The zero-order valence-electron chi connectivity index (χ0n) is 12.8. The number of aromatic amines is 2. The number of aryl methyl sites for hydroxylation is 1. The molecule has 3 aromatic rings. The Hall–Kier alpha value is -2.60. The van der Waals surface area contributed by atoms with Crippen molar-refractivity contribution in [2.75, 3.05) is 0 Å². The lowest BCUT2D eigenvalue weighted by atomic mass is 9.96. The minimum Gasteiger partial charge on any atom is -0.480 e. The predicted molar refractivity (Wildman–Crippen MR) is 86.0 cm³/mol. The Kier molecular flexibility index (Phi) is 3.20. The molecule has 0 aliphatic carbocycles. The summed E-state index contributed by atoms with van der Waals surface area (Å²) in [6.07, 6.45) is 0.512. The van der Waals surface area contributed by atoms with Crippen LogP contribution < -0.4 is 0 Å². The molecule has 0 saturated carbocycles. The van der Waals surface area contributed by atoms with E-state index in [9.17, 15) is 9.90 Å². The number of rotatable bonds is 3. The summed E-state index contributed by atoms with van der Waals surface area (Å²) in [7, 11) is 0. The molecule has 0 amide bonds. The molecule has 0 radical (unpaired) electrons. The monoisotopic (exact) mass is 310 g/mol. The number of hydrogen-bond acceptors (Lipinski definition) is 3. The molecular weight excluding hydrogens is 292 g/mol. The molecule has 0 spiro atoms. The molecule has 6 nitrogen and oxygen atoms in total. The molecule has 1 aliphatic heterocycles. The van der Waals surface area contributed by atoms with Crippen LogP contribution in [-0.2, 0) is 24.3 Å². The van der Waals surface area contributed by atoms with Gasteiger partial charge in [0, 0.05) is 41.8 Å². The van der Waals surface area contributed by atoms with E-state index in [4.69, 9.17) is 0 Å². The van der Waals surface area contributed by atoms with Gasteiger partial charge in [-0.15, -0.1) is 0 Å². The third-order valence-corrected chi connectivity index (χ3v) is 4.51. The molecule has 3 N–H and O–H groups in total. The van der Waals surface area contributed by atoms with Gasteiger partial charge in [0.05, 0.1) is 5.69 Å². The fourth-order valence-corrected chi connectivity index (χ4v) is 3.43. The van der Waals surface area contributed by atoms with Gasteiger partial charge in [0.25, 0.3) is 0 Å². The number of H-pyrrole nitrogens is 2. The largest absolute Gasteiger partial charge is 0.480 e. The van der Waals surface area contributed by atoms with Crippen molar-refractivity contribution in [1.29, 1.82) is 0 Å². The highest BCUT2D eigenvalue weighted by Crippen LogP contribution is 2.31. The van der Waals surface area contributed by atoms with E-state index in [0.29, 0.717) is 19.5 Å². The molecule has 2 aromatic heterocycles. The maximum atomic E-state index is 11.7. The topological polar surface area (TPSA) is 85.0 Å². The van der Waals surface area contributed by atoms with E-state index in [1.54, 1.807) is 0 Å². The fourth-order valence-electron chi connectivity index (χ4n) is 3.43. The second kappa shape index (κ2) is 5.24. The van der Waals surface area contributed by atoms with Crippen LogP contribution in [0.5, 0.6) is 0 Å². The van der Waals surface area contributed by atoms with E-state index in [1.165, 1.54) is 0 Å². The first-order valence-electron chi connectivity index (χ1n) is 7.68. The smallest absolute Gasteiger partial charge is 0.321 e. The van der Waals surface area contributed by atoms with Crippen molar-refractivity contribution < 1.29 is 9.90 Å². The summed E-state index contributed by atoms with van der Waals surface area (Å²) >= 11 is 0. The SMILES string of the molecule is Cc1cc(CN2Cc3[nH]c4ccccc4c3C[C@H]2C(=O)O)n[nH]1. The average molecular weight is 310 g/mol. The number of carboxylic acid groups (broad SMARTS) is 1. The number of nitrogens with one attached hydrogen (secondary N) is 2. The molecule has 0 fully saturated rings. The number of hydrogen-bond donors (Lipinski definition) is 3. The number of carbonyl (C=O) groups is 1. The van der Waals surface area contributed by atoms with Crippen LogP contribution in [0.15, 0.2) is 30.3 Å². The number of aromatic nitrogens is 3. The highest BCUT2D eigenvalue weighted by Gasteiger charge is 2.33. The van der Waals surface area contributed by atoms with E-state index >= 15 is 0 Å². The molecule has 0 unspecified atom stereocenters. The fraction of sp³-hybridized carbons (Fsp3) is 0.294. The van der Waals surface area contributed by atoms with Gasteiger partial charge in [-0.1, -0.05) is 18.2 Å². The summed E-state index contributed by atoms with van der Waals surface area (Å²) in [6.45, 7) is 3.06. The van der Waals surface area contributed by atoms with Crippen molar-refractivity contribution in [3.8, 4) is 0 Å². The summed E-state index contributed by atoms with van der Waals surface area (Å²) < 4.78 is 0. The standard InChI is InChI=1S/C17H18N4O2/c1-10-6-11(20-19-10)8-21-9-15-13(7-16(21)17(22)23)12-4-2-3-5-14(12)18-15/h2-6,16,18H,7-9H2,1H3,(H,19,20)(H,22,23)/t16-/m0/s1. The minimum absolute atomic E-state index is 0.512. The van der Waals surface area contributed by atoms with E-state index in [-0.39, 0.29) is 0 Å². The first-order chi connectivity index (χ1) is 11.1. The first-order valence-corrected chi connectivity index (χ1v) is 7.68. The maximum absolute atomic E-state index is 11.7. The van der Waals surface area contributed by atoms with Crippen LogP contribution in [0.4, 0.5) is 0 Å². The van der Waals surface area contributed by atoms with E-state index in [0.717, 1.165) is 33.5 Å². The minimum atomic E-state index is -0.784. The molecule has 4 rings (SSSR count). The van der Waals surface area contributed by atoms with Crippen LogP contribution in [0.25, 0.3) is 10.9 Å². The number of para-hydroxylation sites is 1. The van der Waals surface area contributed by atoms with Crippen LogP contribution in [0.1, 0.15) is 22.6 Å². The third kappa shape index (κ3) is 2.41. The van der Waals surface area contributed by atoms with Gasteiger partial charge in [-0.2, -0.15) is 5.10 Å². The van der Waals surface area contributed by atoms with Crippen LogP contribution >= 0.6 is 0 Å². The molecule has 3 heterocycles. The molecule has 0 bridgehead atoms. The highest BCUT2D eigenvalue weighted by molar-refractivity contribution is 5.86. The van der Waals surface area contributed by atoms with Crippen molar-refractivity contribution in [3.63, 3.8) is 0 Å². The van der Waals surface area contributed by atoms with Gasteiger partial charge in [-0.3, -0.25) is 14.8 Å². The Balaban J connectivity index is 1.71. The third-order valence-electron chi connectivity index (χ3n) is 4.51.